The number of nitrogens with one attached hydrogen (secondary N) is 1. The SMILES string of the molecule is COc1ccc(-c2noc(CCC([O-])=Nc3nn[nH]n3)n2)cc1. The summed E-state index contributed by atoms with van der Waals surface area (Å²) in [7, 11) is 1.60. The number of aryl methyl sites for hydroxylation is 1. The van der Waals surface area contributed by atoms with Gasteiger partial charge in [0.1, 0.15) is 5.75 Å². The number of hydrogen-bond donors (Lipinski definition) is 1. The van der Waals surface area contributed by atoms with Gasteiger partial charge in [0.2, 0.25) is 11.7 Å². The zero-order chi connectivity index (χ0) is 16.1. The van der Waals surface area contributed by atoms with Crippen LogP contribution in [0.5, 0.6) is 5.75 Å². The van der Waals surface area contributed by atoms with Gasteiger partial charge in [-0.05, 0) is 41.8 Å². The summed E-state index contributed by atoms with van der Waals surface area (Å²) in [6.45, 7) is 0. The van der Waals surface area contributed by atoms with Crippen LogP contribution in [0.2, 0.25) is 0 Å². The topological polar surface area (TPSA) is 138 Å². The highest BCUT2D eigenvalue weighted by Crippen LogP contribution is 2.20. The van der Waals surface area contributed by atoms with E-state index in [1.165, 1.54) is 0 Å². The monoisotopic (exact) mass is 314 g/mol. The lowest BCUT2D eigenvalue weighted by Crippen LogP contribution is -2.17. The summed E-state index contributed by atoms with van der Waals surface area (Å²) < 4.78 is 10.2. The molecule has 10 heteroatoms. The molecule has 23 heavy (non-hydrogen) atoms. The van der Waals surface area contributed by atoms with Crippen molar-refractivity contribution in [2.45, 2.75) is 12.8 Å². The molecule has 118 valence electrons. The fourth-order valence-electron chi connectivity index (χ4n) is 1.80. The molecule has 10 nitrogen and oxygen atoms in total. The molecule has 0 saturated heterocycles. The van der Waals surface area contributed by atoms with Crippen LogP contribution in [-0.4, -0.2) is 43.8 Å². The largest absolute Gasteiger partial charge is 0.862 e. The van der Waals surface area contributed by atoms with Crippen molar-refractivity contribution in [1.82, 2.24) is 30.8 Å². The van der Waals surface area contributed by atoms with Gasteiger partial charge in [-0.2, -0.15) is 10.2 Å². The summed E-state index contributed by atoms with van der Waals surface area (Å²) in [4.78, 5) is 7.90. The number of rotatable bonds is 6. The van der Waals surface area contributed by atoms with Crippen LogP contribution in [0.15, 0.2) is 33.8 Å². The van der Waals surface area contributed by atoms with E-state index in [1.54, 1.807) is 19.2 Å². The first kappa shape index (κ1) is 14.6. The maximum absolute atomic E-state index is 11.6. The van der Waals surface area contributed by atoms with Crippen LogP contribution in [0.4, 0.5) is 5.95 Å². The van der Waals surface area contributed by atoms with Crippen LogP contribution < -0.4 is 9.84 Å². The van der Waals surface area contributed by atoms with Crippen molar-refractivity contribution < 1.29 is 14.4 Å². The molecule has 0 aliphatic carbocycles. The number of methoxy groups -OCH3 is 1. The Balaban J connectivity index is 1.62. The van der Waals surface area contributed by atoms with Gasteiger partial charge in [0, 0.05) is 12.0 Å². The van der Waals surface area contributed by atoms with Gasteiger partial charge in [0.25, 0.3) is 5.95 Å². The Bertz CT molecular complexity index is 780. The zero-order valence-corrected chi connectivity index (χ0v) is 12.1. The number of benzene rings is 1. The fourth-order valence-corrected chi connectivity index (χ4v) is 1.80. The molecule has 0 fully saturated rings. The summed E-state index contributed by atoms with van der Waals surface area (Å²) in [6.07, 6.45) is 0.391. The molecule has 0 spiro atoms. The smallest absolute Gasteiger partial charge is 0.287 e. The van der Waals surface area contributed by atoms with Crippen molar-refractivity contribution >= 4 is 11.8 Å². The van der Waals surface area contributed by atoms with Gasteiger partial charge in [-0.25, -0.2) is 4.99 Å². The van der Waals surface area contributed by atoms with E-state index in [9.17, 15) is 5.11 Å². The van der Waals surface area contributed by atoms with Gasteiger partial charge in [0.05, 0.1) is 7.11 Å². The van der Waals surface area contributed by atoms with Gasteiger partial charge < -0.3 is 14.4 Å². The minimum Gasteiger partial charge on any atom is -0.862 e. The average molecular weight is 314 g/mol. The lowest BCUT2D eigenvalue weighted by atomic mass is 10.2. The molecule has 0 atom stereocenters. The van der Waals surface area contributed by atoms with Gasteiger partial charge in [0.15, 0.2) is 0 Å². The van der Waals surface area contributed by atoms with Crippen molar-refractivity contribution in [2.75, 3.05) is 7.11 Å². The van der Waals surface area contributed by atoms with Gasteiger partial charge in [-0.3, -0.25) is 0 Å². The quantitative estimate of drug-likeness (QED) is 0.505. The van der Waals surface area contributed by atoms with E-state index in [0.29, 0.717) is 11.7 Å². The van der Waals surface area contributed by atoms with E-state index in [2.05, 4.69) is 35.8 Å². The molecule has 2 aromatic heterocycles. The molecular formula is C13H12N7O3-. The Labute approximate surface area is 130 Å². The molecule has 0 unspecified atom stereocenters. The molecular weight excluding hydrogens is 302 g/mol. The molecule has 2 heterocycles. The lowest BCUT2D eigenvalue weighted by Gasteiger charge is -2.05. The van der Waals surface area contributed by atoms with Crippen LogP contribution in [0, 0.1) is 0 Å². The summed E-state index contributed by atoms with van der Waals surface area (Å²) in [5.41, 5.74) is 0.795. The van der Waals surface area contributed by atoms with Crippen LogP contribution in [0.25, 0.3) is 11.4 Å². The first-order valence-electron chi connectivity index (χ1n) is 6.69. The highest BCUT2D eigenvalue weighted by atomic mass is 16.5. The van der Waals surface area contributed by atoms with Crippen molar-refractivity contribution in [3.05, 3.63) is 30.2 Å². The third-order valence-corrected chi connectivity index (χ3v) is 2.93. The molecule has 1 aromatic carbocycles. The van der Waals surface area contributed by atoms with Crippen molar-refractivity contribution in [3.8, 4) is 17.1 Å². The first-order chi connectivity index (χ1) is 11.2. The third kappa shape index (κ3) is 3.67. The van der Waals surface area contributed by atoms with Crippen molar-refractivity contribution in [2.24, 2.45) is 4.99 Å². The van der Waals surface area contributed by atoms with Crippen LogP contribution in [0.3, 0.4) is 0 Å². The van der Waals surface area contributed by atoms with E-state index in [0.717, 1.165) is 11.3 Å². The minimum absolute atomic E-state index is 0.000508. The van der Waals surface area contributed by atoms with Crippen molar-refractivity contribution in [3.63, 3.8) is 0 Å². The van der Waals surface area contributed by atoms with E-state index < -0.39 is 5.90 Å². The highest BCUT2D eigenvalue weighted by Gasteiger charge is 2.08. The second-order valence-electron chi connectivity index (χ2n) is 4.46. The maximum atomic E-state index is 11.6. The van der Waals surface area contributed by atoms with Gasteiger partial charge in [-0.15, -0.1) is 5.10 Å². The number of tetrazole rings is 1. The Morgan fingerprint density at radius 3 is 2.87 bits per heavy atom. The molecule has 0 aliphatic heterocycles. The number of aromatic amines is 1. The first-order valence-corrected chi connectivity index (χ1v) is 6.69. The Hall–Kier alpha value is -3.30. The number of aliphatic imine (C=N–C) groups is 1. The molecule has 1 N–H and O–H groups in total. The Kier molecular flexibility index (Phi) is 4.22. The van der Waals surface area contributed by atoms with Crippen LogP contribution in [0.1, 0.15) is 12.3 Å². The average Bonchev–Trinajstić information content (AvgIpc) is 3.25. The van der Waals surface area contributed by atoms with Crippen molar-refractivity contribution in [1.29, 1.82) is 0 Å². The predicted molar refractivity (Wildman–Crippen MR) is 75.9 cm³/mol. The zero-order valence-electron chi connectivity index (χ0n) is 12.1. The number of ether oxygens (including phenoxy) is 1. The third-order valence-electron chi connectivity index (χ3n) is 2.93. The van der Waals surface area contributed by atoms with Crippen LogP contribution >= 0.6 is 0 Å². The number of nitrogens with zero attached hydrogens (tertiary/aromatic N) is 6. The van der Waals surface area contributed by atoms with E-state index in [4.69, 9.17) is 9.26 Å². The van der Waals surface area contributed by atoms with E-state index in [-0.39, 0.29) is 18.8 Å². The summed E-state index contributed by atoms with van der Waals surface area (Å²) in [5, 5.41) is 28.2. The molecule has 0 radical (unpaired) electrons. The molecule has 0 amide bonds. The van der Waals surface area contributed by atoms with E-state index >= 15 is 0 Å². The minimum atomic E-state index is -0.393. The molecule has 3 rings (SSSR count). The number of aromatic nitrogens is 6. The second kappa shape index (κ2) is 6.64. The van der Waals surface area contributed by atoms with Crippen LogP contribution in [-0.2, 0) is 6.42 Å². The fraction of sp³-hybridized carbons (Fsp3) is 0.231. The standard InChI is InChI=1S/C13H13N7O3/c1-22-9-4-2-8(3-5-9)12-15-11(23-18-12)7-6-10(21)14-13-16-19-20-17-13/h2-5H,6-7H2,1H3,(H2,14,16,17,19,20,21)/p-1. The normalized spacial score (nSPS) is 11.6. The molecule has 0 bridgehead atoms. The second-order valence-corrected chi connectivity index (χ2v) is 4.46. The number of H-pyrrole nitrogens is 1. The Morgan fingerprint density at radius 1 is 1.35 bits per heavy atom. The Morgan fingerprint density at radius 2 is 2.17 bits per heavy atom. The highest BCUT2D eigenvalue weighted by molar-refractivity contribution is 5.73. The molecule has 3 aromatic rings. The van der Waals surface area contributed by atoms with E-state index in [1.807, 2.05) is 12.1 Å². The molecule has 0 aliphatic rings. The predicted octanol–water partition coefficient (Wildman–Crippen LogP) is 0.281. The van der Waals surface area contributed by atoms with Gasteiger partial charge in [-0.1, -0.05) is 10.3 Å². The van der Waals surface area contributed by atoms with Gasteiger partial charge >= 0.3 is 0 Å². The summed E-state index contributed by atoms with van der Waals surface area (Å²) in [5.74, 6) is 1.15. The lowest BCUT2D eigenvalue weighted by molar-refractivity contribution is -0.218. The summed E-state index contributed by atoms with van der Waals surface area (Å²) >= 11 is 0. The number of hydrogen-bond acceptors (Lipinski definition) is 9. The molecule has 0 saturated carbocycles. The summed E-state index contributed by atoms with van der Waals surface area (Å²) in [6, 6.07) is 7.26. The maximum Gasteiger partial charge on any atom is 0.287 e.